The third-order valence-corrected chi connectivity index (χ3v) is 6.77. The molecule has 4 atom stereocenters. The highest BCUT2D eigenvalue weighted by atomic mass is 16.6. The Hall–Kier alpha value is -1.62. The van der Waals surface area contributed by atoms with Crippen LogP contribution in [0.3, 0.4) is 0 Å². The fraction of sp³-hybridized carbons (Fsp3) is 0.913. The number of hydrogen-bond donors (Lipinski definition) is 0. The Morgan fingerprint density at radius 1 is 0.788 bits per heavy atom. The second-order valence-electron chi connectivity index (χ2n) is 9.09. The number of hydrogen-bond acceptors (Lipinski definition) is 8. The van der Waals surface area contributed by atoms with Crippen molar-refractivity contribution in [1.82, 2.24) is 20.0 Å². The molecule has 0 bridgehead atoms. The number of rotatable bonds is 12. The van der Waals surface area contributed by atoms with Gasteiger partial charge in [-0.2, -0.15) is 0 Å². The smallest absolute Gasteiger partial charge is 0.424 e. The first-order valence-electron chi connectivity index (χ1n) is 12.1. The second-order valence-corrected chi connectivity index (χ2v) is 9.09. The molecule has 10 nitrogen and oxygen atoms in total. The van der Waals surface area contributed by atoms with Gasteiger partial charge in [0.05, 0.1) is 39.5 Å². The molecule has 0 N–H and O–H groups in total. The molecule has 10 heteroatoms. The van der Waals surface area contributed by atoms with Crippen LogP contribution in [0.4, 0.5) is 9.59 Å². The van der Waals surface area contributed by atoms with Crippen LogP contribution in [0.15, 0.2) is 0 Å². The zero-order chi connectivity index (χ0) is 24.4. The minimum absolute atomic E-state index is 0.0262. The van der Waals surface area contributed by atoms with Crippen LogP contribution in [0.1, 0.15) is 58.8 Å². The van der Waals surface area contributed by atoms with Gasteiger partial charge >= 0.3 is 12.2 Å². The third-order valence-electron chi connectivity index (χ3n) is 6.77. The van der Waals surface area contributed by atoms with E-state index in [0.29, 0.717) is 13.2 Å². The molecular weight excluding hydrogens is 428 g/mol. The Morgan fingerprint density at radius 2 is 1.18 bits per heavy atom. The fourth-order valence-corrected chi connectivity index (χ4v) is 5.15. The van der Waals surface area contributed by atoms with Gasteiger partial charge in [-0.15, -0.1) is 0 Å². The van der Waals surface area contributed by atoms with Crippen LogP contribution < -0.4 is 0 Å². The van der Waals surface area contributed by atoms with Gasteiger partial charge in [0.2, 0.25) is 0 Å². The van der Waals surface area contributed by atoms with E-state index in [1.165, 1.54) is 14.2 Å². The summed E-state index contributed by atoms with van der Waals surface area (Å²) in [6.07, 6.45) is 5.82. The van der Waals surface area contributed by atoms with E-state index in [1.807, 2.05) is 0 Å². The summed E-state index contributed by atoms with van der Waals surface area (Å²) in [5, 5.41) is 7.72. The molecule has 2 fully saturated rings. The molecule has 0 unspecified atom stereocenters. The fourth-order valence-electron chi connectivity index (χ4n) is 5.15. The number of hydrazine groups is 2. The first-order chi connectivity index (χ1) is 15.9. The van der Waals surface area contributed by atoms with E-state index < -0.39 is 0 Å². The number of amides is 2. The van der Waals surface area contributed by atoms with Crippen molar-refractivity contribution in [3.63, 3.8) is 0 Å². The van der Waals surface area contributed by atoms with Gasteiger partial charge in [-0.05, 0) is 58.8 Å². The average Bonchev–Trinajstić information content (AvgIpc) is 3.44. The van der Waals surface area contributed by atoms with E-state index in [0.717, 1.165) is 58.0 Å². The van der Waals surface area contributed by atoms with Crippen LogP contribution in [-0.2, 0) is 18.9 Å². The topological polar surface area (TPSA) is 84.0 Å². The van der Waals surface area contributed by atoms with Gasteiger partial charge in [-0.25, -0.2) is 29.6 Å². The Balaban J connectivity index is 1.99. The van der Waals surface area contributed by atoms with Crippen molar-refractivity contribution in [2.75, 3.05) is 54.7 Å². The summed E-state index contributed by atoms with van der Waals surface area (Å²) in [7, 11) is 6.22. The zero-order valence-electron chi connectivity index (χ0n) is 21.3. The van der Waals surface area contributed by atoms with E-state index in [1.54, 1.807) is 24.2 Å². The van der Waals surface area contributed by atoms with Gasteiger partial charge < -0.3 is 18.9 Å². The van der Waals surface area contributed by atoms with Gasteiger partial charge in [0.15, 0.2) is 0 Å². The summed E-state index contributed by atoms with van der Waals surface area (Å²) < 4.78 is 20.9. The van der Waals surface area contributed by atoms with Crippen LogP contribution in [0.25, 0.3) is 0 Å². The van der Waals surface area contributed by atoms with Crippen molar-refractivity contribution in [2.45, 2.75) is 83.0 Å². The SMILES string of the molecule is COC[C@@H]1CCCN1N(C(=O)OC)[C@H](C)CCC[C@@H](C)N(C(=O)OC)N1CCC[C@H]1COC. The second kappa shape index (κ2) is 13.9. The third kappa shape index (κ3) is 7.18. The van der Waals surface area contributed by atoms with E-state index in [-0.39, 0.29) is 36.4 Å². The summed E-state index contributed by atoms with van der Waals surface area (Å²) in [5.74, 6) is 0. The van der Waals surface area contributed by atoms with E-state index >= 15 is 0 Å². The average molecular weight is 473 g/mol. The van der Waals surface area contributed by atoms with E-state index in [4.69, 9.17) is 18.9 Å². The predicted octanol–water partition coefficient (Wildman–Crippen LogP) is 3.12. The predicted molar refractivity (Wildman–Crippen MR) is 124 cm³/mol. The van der Waals surface area contributed by atoms with Crippen molar-refractivity contribution in [3.8, 4) is 0 Å². The maximum absolute atomic E-state index is 12.6. The molecule has 2 aliphatic heterocycles. The molecule has 0 saturated carbocycles. The van der Waals surface area contributed by atoms with Crippen LogP contribution in [0.5, 0.6) is 0 Å². The Bertz CT molecular complexity index is 560. The number of methoxy groups -OCH3 is 4. The van der Waals surface area contributed by atoms with Crippen LogP contribution in [-0.4, -0.2) is 111 Å². The van der Waals surface area contributed by atoms with Crippen LogP contribution >= 0.6 is 0 Å². The zero-order valence-corrected chi connectivity index (χ0v) is 21.3. The van der Waals surface area contributed by atoms with Crippen LogP contribution in [0.2, 0.25) is 0 Å². The van der Waals surface area contributed by atoms with Gasteiger partial charge in [-0.3, -0.25) is 0 Å². The molecule has 2 saturated heterocycles. The van der Waals surface area contributed by atoms with Crippen molar-refractivity contribution in [2.24, 2.45) is 0 Å². The van der Waals surface area contributed by atoms with Gasteiger partial charge in [0.25, 0.3) is 0 Å². The first-order valence-corrected chi connectivity index (χ1v) is 12.1. The van der Waals surface area contributed by atoms with Crippen LogP contribution in [0, 0.1) is 0 Å². The molecule has 0 aromatic carbocycles. The molecular formula is C23H44N4O6. The number of nitrogens with zero attached hydrogens (tertiary/aromatic N) is 4. The largest absolute Gasteiger partial charge is 0.452 e. The Labute approximate surface area is 199 Å². The number of carbonyl (C=O) groups excluding carboxylic acids is 2. The molecule has 2 rings (SSSR count). The molecule has 0 aliphatic carbocycles. The molecule has 0 spiro atoms. The summed E-state index contributed by atoms with van der Waals surface area (Å²) >= 11 is 0. The van der Waals surface area contributed by atoms with E-state index in [9.17, 15) is 9.59 Å². The molecule has 2 heterocycles. The lowest BCUT2D eigenvalue weighted by Gasteiger charge is -2.40. The molecule has 0 radical (unpaired) electrons. The highest BCUT2D eigenvalue weighted by Crippen LogP contribution is 2.26. The lowest BCUT2D eigenvalue weighted by atomic mass is 10.1. The summed E-state index contributed by atoms with van der Waals surface area (Å²) in [5.41, 5.74) is 0. The van der Waals surface area contributed by atoms with Gasteiger partial charge in [-0.1, -0.05) is 0 Å². The minimum Gasteiger partial charge on any atom is -0.452 e. The highest BCUT2D eigenvalue weighted by molar-refractivity contribution is 5.67. The van der Waals surface area contributed by atoms with Gasteiger partial charge in [0, 0.05) is 39.4 Å². The normalized spacial score (nSPS) is 23.3. The Morgan fingerprint density at radius 3 is 1.52 bits per heavy atom. The molecule has 0 aromatic heterocycles. The van der Waals surface area contributed by atoms with Crippen molar-refractivity contribution in [3.05, 3.63) is 0 Å². The lowest BCUT2D eigenvalue weighted by molar-refractivity contribution is -0.0719. The minimum atomic E-state index is -0.339. The van der Waals surface area contributed by atoms with Crippen molar-refractivity contribution >= 4 is 12.2 Å². The number of ether oxygens (including phenoxy) is 4. The molecule has 0 aromatic rings. The molecule has 2 amide bonds. The summed E-state index contributed by atoms with van der Waals surface area (Å²) in [6.45, 7) is 6.91. The number of carbonyl (C=O) groups is 2. The summed E-state index contributed by atoms with van der Waals surface area (Å²) in [4.78, 5) is 25.3. The highest BCUT2D eigenvalue weighted by Gasteiger charge is 2.37. The van der Waals surface area contributed by atoms with Gasteiger partial charge in [0.1, 0.15) is 0 Å². The quantitative estimate of drug-likeness (QED) is 0.428. The molecule has 2 aliphatic rings. The molecule has 192 valence electrons. The monoisotopic (exact) mass is 472 g/mol. The van der Waals surface area contributed by atoms with Crippen molar-refractivity contribution in [1.29, 1.82) is 0 Å². The maximum atomic E-state index is 12.6. The first kappa shape index (κ1) is 27.6. The maximum Gasteiger partial charge on any atom is 0.424 e. The lowest BCUT2D eigenvalue weighted by Crippen LogP contribution is -2.54. The Kier molecular flexibility index (Phi) is 11.7. The summed E-state index contributed by atoms with van der Waals surface area (Å²) in [6, 6.07) is 0.305. The molecule has 33 heavy (non-hydrogen) atoms. The van der Waals surface area contributed by atoms with E-state index in [2.05, 4.69) is 23.9 Å². The standard InChI is InChI=1S/C23H44N4O6/c1-18(26(22(28)32-5)24-14-8-12-20(24)16-30-3)10-7-11-19(2)27(23(29)33-6)25-15-9-13-21(25)17-31-4/h18-21H,7-17H2,1-6H3/t18-,19-,20+,21+/m1/s1. The van der Waals surface area contributed by atoms with Crippen molar-refractivity contribution < 1.29 is 28.5 Å².